The third kappa shape index (κ3) is 24.9. The molecule has 0 aliphatic carbocycles. The molecule has 2 N–H and O–H groups in total. The van der Waals surface area contributed by atoms with Crippen molar-refractivity contribution in [3.05, 3.63) is 0 Å². The minimum Gasteiger partial charge on any atom is -0.388 e. The number of carbonyl (C=O) groups excluding carboxylic acids is 1. The summed E-state index contributed by atoms with van der Waals surface area (Å²) < 4.78 is 51.2. The molecule has 1 aliphatic rings. The monoisotopic (exact) mass is 679 g/mol. The van der Waals surface area contributed by atoms with E-state index in [1.807, 2.05) is 27.7 Å². The van der Waals surface area contributed by atoms with E-state index in [4.69, 9.17) is 42.6 Å². The SMILES string of the molecule is CC1(C)CCC(C)(C)OCCOCCOCCOCC(O)COC(C)(C)CCC(C)(C)C(=O)COCCOCCOCCOCCN1. The summed E-state index contributed by atoms with van der Waals surface area (Å²) in [7, 11) is 0. The van der Waals surface area contributed by atoms with Crippen molar-refractivity contribution < 1.29 is 52.5 Å². The van der Waals surface area contributed by atoms with E-state index in [0.29, 0.717) is 98.7 Å². The fraction of sp³-hybridized carbons (Fsp3) is 0.971. The molecule has 12 nitrogen and oxygen atoms in total. The molecule has 280 valence electrons. The average Bonchev–Trinajstić information content (AvgIpc) is 3.00. The van der Waals surface area contributed by atoms with Crippen LogP contribution < -0.4 is 5.32 Å². The van der Waals surface area contributed by atoms with Crippen LogP contribution in [0, 0.1) is 5.41 Å². The Bertz CT molecular complexity index is 791. The third-order valence-corrected chi connectivity index (χ3v) is 8.10. The van der Waals surface area contributed by atoms with Crippen LogP contribution in [0.25, 0.3) is 0 Å². The number of aliphatic hydroxyl groups excluding tert-OH is 1. The van der Waals surface area contributed by atoms with Gasteiger partial charge in [0.05, 0.1) is 110 Å². The van der Waals surface area contributed by atoms with Crippen molar-refractivity contribution in [2.24, 2.45) is 5.41 Å². The van der Waals surface area contributed by atoms with Gasteiger partial charge in [0, 0.05) is 17.5 Å². The minimum atomic E-state index is -0.753. The maximum absolute atomic E-state index is 12.8. The molecule has 1 fully saturated rings. The lowest BCUT2D eigenvalue weighted by molar-refractivity contribution is -0.134. The molecule has 1 saturated heterocycles. The predicted octanol–water partition coefficient (Wildman–Crippen LogP) is 3.59. The summed E-state index contributed by atoms with van der Waals surface area (Å²) >= 11 is 0. The number of aliphatic hydroxyl groups is 1. The van der Waals surface area contributed by atoms with Gasteiger partial charge in [0.2, 0.25) is 0 Å². The highest BCUT2D eigenvalue weighted by Gasteiger charge is 2.31. The molecule has 0 aromatic heterocycles. The zero-order valence-corrected chi connectivity index (χ0v) is 31.0. The van der Waals surface area contributed by atoms with E-state index in [1.54, 1.807) is 0 Å². The Morgan fingerprint density at radius 1 is 0.532 bits per heavy atom. The lowest BCUT2D eigenvalue weighted by Crippen LogP contribution is -2.43. The zero-order chi connectivity index (χ0) is 35.1. The molecule has 1 atom stereocenters. The molecular formula is C35H69NO11. The van der Waals surface area contributed by atoms with Crippen molar-refractivity contribution >= 4 is 5.78 Å². The van der Waals surface area contributed by atoms with E-state index in [0.717, 1.165) is 19.4 Å². The van der Waals surface area contributed by atoms with Gasteiger partial charge in [-0.2, -0.15) is 0 Å². The summed E-state index contributed by atoms with van der Waals surface area (Å²) in [4.78, 5) is 12.8. The smallest absolute Gasteiger partial charge is 0.164 e. The zero-order valence-electron chi connectivity index (χ0n) is 31.0. The van der Waals surface area contributed by atoms with Gasteiger partial charge in [-0.15, -0.1) is 0 Å². The van der Waals surface area contributed by atoms with Gasteiger partial charge < -0.3 is 53.1 Å². The third-order valence-electron chi connectivity index (χ3n) is 8.10. The second-order valence-corrected chi connectivity index (χ2v) is 14.6. The van der Waals surface area contributed by atoms with Crippen LogP contribution in [0.15, 0.2) is 0 Å². The molecule has 1 heterocycles. The Kier molecular flexibility index (Phi) is 23.0. The van der Waals surface area contributed by atoms with Crippen molar-refractivity contribution in [1.29, 1.82) is 0 Å². The summed E-state index contributed by atoms with van der Waals surface area (Å²) in [5, 5.41) is 13.9. The molecule has 1 unspecified atom stereocenters. The van der Waals surface area contributed by atoms with Gasteiger partial charge in [0.25, 0.3) is 0 Å². The largest absolute Gasteiger partial charge is 0.388 e. The van der Waals surface area contributed by atoms with Gasteiger partial charge in [-0.1, -0.05) is 13.8 Å². The number of ether oxygens (including phenoxy) is 9. The molecular weight excluding hydrogens is 610 g/mol. The number of rotatable bonds is 0. The summed E-state index contributed by atoms with van der Waals surface area (Å²) in [6.07, 6.45) is 2.40. The first-order chi connectivity index (χ1) is 22.1. The molecule has 0 aromatic carbocycles. The van der Waals surface area contributed by atoms with E-state index in [2.05, 4.69) is 33.0 Å². The lowest BCUT2D eigenvalue weighted by Gasteiger charge is -2.32. The number of hydrogen-bond donors (Lipinski definition) is 2. The van der Waals surface area contributed by atoms with E-state index < -0.39 is 17.1 Å². The van der Waals surface area contributed by atoms with Crippen LogP contribution in [-0.4, -0.2) is 146 Å². The summed E-state index contributed by atoms with van der Waals surface area (Å²) in [5.74, 6) is 0.0364. The highest BCUT2D eigenvalue weighted by Crippen LogP contribution is 2.29. The van der Waals surface area contributed by atoms with E-state index in [-0.39, 0.29) is 36.7 Å². The molecule has 1 rings (SSSR count). The van der Waals surface area contributed by atoms with Crippen LogP contribution in [-0.2, 0) is 47.4 Å². The molecule has 0 aromatic rings. The van der Waals surface area contributed by atoms with Crippen LogP contribution >= 0.6 is 0 Å². The second kappa shape index (κ2) is 24.4. The lowest BCUT2D eigenvalue weighted by atomic mass is 9.80. The van der Waals surface area contributed by atoms with Crippen LogP contribution in [0.3, 0.4) is 0 Å². The number of Topliss-reactive ketones (excluding diaryl/α,β-unsaturated/α-hetero) is 1. The first kappa shape index (κ1) is 44.3. The standard InChI is InChI=1S/C35H69NO11/c1-32(2)9-11-35(7,8)47-28-30(37)27-44-23-21-41-19-20-43-25-26-46-34(5,6)12-10-33(3,4)36-13-14-39-15-16-40-17-18-42-22-24-45-29-31(32)38/h30,36-37H,9-29H2,1-8H3. The van der Waals surface area contributed by atoms with Crippen molar-refractivity contribution in [3.8, 4) is 0 Å². The van der Waals surface area contributed by atoms with Gasteiger partial charge in [-0.05, 0) is 67.2 Å². The van der Waals surface area contributed by atoms with Crippen LogP contribution in [0.1, 0.15) is 81.1 Å². The normalized spacial score (nSPS) is 27.7. The highest BCUT2D eigenvalue weighted by molar-refractivity contribution is 5.85. The Hall–Kier alpha value is -0.770. The topological polar surface area (TPSA) is 132 Å². The van der Waals surface area contributed by atoms with Crippen LogP contribution in [0.4, 0.5) is 0 Å². The molecule has 0 saturated carbocycles. The highest BCUT2D eigenvalue weighted by atomic mass is 16.6. The Balaban J connectivity index is 2.47. The summed E-state index contributed by atoms with van der Waals surface area (Å²) in [6, 6.07) is 0. The van der Waals surface area contributed by atoms with Crippen LogP contribution in [0.2, 0.25) is 0 Å². The molecule has 0 spiro atoms. The molecule has 0 radical (unpaired) electrons. The number of hydrogen-bond acceptors (Lipinski definition) is 12. The van der Waals surface area contributed by atoms with Gasteiger partial charge in [0.15, 0.2) is 5.78 Å². The fourth-order valence-corrected chi connectivity index (χ4v) is 4.49. The Morgan fingerprint density at radius 2 is 0.979 bits per heavy atom. The van der Waals surface area contributed by atoms with Gasteiger partial charge in [-0.25, -0.2) is 0 Å². The minimum absolute atomic E-state index is 0.0364. The van der Waals surface area contributed by atoms with Crippen molar-refractivity contribution in [2.75, 3.05) is 112 Å². The van der Waals surface area contributed by atoms with Crippen molar-refractivity contribution in [1.82, 2.24) is 5.32 Å². The molecule has 0 bridgehead atoms. The van der Waals surface area contributed by atoms with Gasteiger partial charge >= 0.3 is 0 Å². The van der Waals surface area contributed by atoms with Crippen LogP contribution in [0.5, 0.6) is 0 Å². The number of ketones is 1. The van der Waals surface area contributed by atoms with Crippen molar-refractivity contribution in [3.63, 3.8) is 0 Å². The maximum atomic E-state index is 12.8. The fourth-order valence-electron chi connectivity index (χ4n) is 4.49. The van der Waals surface area contributed by atoms with E-state index in [9.17, 15) is 9.90 Å². The Morgan fingerprint density at radius 3 is 1.55 bits per heavy atom. The quantitative estimate of drug-likeness (QED) is 0.388. The summed E-state index contributed by atoms with van der Waals surface area (Å²) in [6.45, 7) is 23.5. The van der Waals surface area contributed by atoms with Crippen molar-refractivity contribution in [2.45, 2.75) is 104 Å². The number of carbonyl (C=O) groups is 1. The maximum Gasteiger partial charge on any atom is 0.164 e. The van der Waals surface area contributed by atoms with E-state index in [1.165, 1.54) is 0 Å². The molecule has 0 amide bonds. The van der Waals surface area contributed by atoms with Gasteiger partial charge in [0.1, 0.15) is 12.7 Å². The van der Waals surface area contributed by atoms with E-state index >= 15 is 0 Å². The molecule has 12 heteroatoms. The Labute approximate surface area is 285 Å². The van der Waals surface area contributed by atoms with Gasteiger partial charge in [-0.3, -0.25) is 4.79 Å². The summed E-state index contributed by atoms with van der Waals surface area (Å²) in [5.41, 5.74) is -1.36. The first-order valence-electron chi connectivity index (χ1n) is 17.4. The second-order valence-electron chi connectivity index (χ2n) is 14.6. The predicted molar refractivity (Wildman–Crippen MR) is 181 cm³/mol. The first-order valence-corrected chi connectivity index (χ1v) is 17.4. The average molecular weight is 680 g/mol. The molecule has 47 heavy (non-hydrogen) atoms. The number of nitrogens with one attached hydrogen (secondary N) is 1. The molecule has 1 aliphatic heterocycles.